The van der Waals surface area contributed by atoms with Gasteiger partial charge in [-0.25, -0.2) is 4.39 Å². The third-order valence-corrected chi connectivity index (χ3v) is 2.83. The van der Waals surface area contributed by atoms with E-state index in [9.17, 15) is 9.18 Å². The van der Waals surface area contributed by atoms with Crippen molar-refractivity contribution >= 4 is 17.5 Å². The highest BCUT2D eigenvalue weighted by atomic mass is 35.5. The summed E-state index contributed by atoms with van der Waals surface area (Å²) in [6.45, 7) is 0. The fourth-order valence-corrected chi connectivity index (χ4v) is 1.74. The number of rotatable bonds is 2. The summed E-state index contributed by atoms with van der Waals surface area (Å²) in [5, 5.41) is 0.102. The first-order chi connectivity index (χ1) is 6.59. The Morgan fingerprint density at radius 3 is 2.79 bits per heavy atom. The average Bonchev–Trinajstić information content (AvgIpc) is 2.89. The van der Waals surface area contributed by atoms with Crippen molar-refractivity contribution in [1.82, 2.24) is 0 Å². The van der Waals surface area contributed by atoms with Gasteiger partial charge >= 0.3 is 0 Å². The molecule has 0 radical (unpaired) electrons. The fourth-order valence-electron chi connectivity index (χ4n) is 1.62. The van der Waals surface area contributed by atoms with Crippen LogP contribution in [0.4, 0.5) is 4.39 Å². The van der Waals surface area contributed by atoms with Gasteiger partial charge in [-0.1, -0.05) is 17.7 Å². The van der Waals surface area contributed by atoms with Gasteiger partial charge in [-0.3, -0.25) is 4.79 Å². The number of halogens is 2. The summed E-state index contributed by atoms with van der Waals surface area (Å²) >= 11 is 5.54. The lowest BCUT2D eigenvalue weighted by atomic mass is 10.1. The third kappa shape index (κ3) is 1.60. The van der Waals surface area contributed by atoms with Crippen LogP contribution in [-0.2, 0) is 4.79 Å². The SMILES string of the molecule is NC(=O)[C@@H]1C[C@H]1c1ccc(Cl)c(F)c1. The fraction of sp³-hybridized carbons (Fsp3) is 0.300. The van der Waals surface area contributed by atoms with Crippen molar-refractivity contribution in [3.05, 3.63) is 34.6 Å². The minimum Gasteiger partial charge on any atom is -0.369 e. The molecule has 2 nitrogen and oxygen atoms in total. The predicted octanol–water partition coefficient (Wildman–Crippen LogP) is 2.07. The second kappa shape index (κ2) is 3.24. The summed E-state index contributed by atoms with van der Waals surface area (Å²) in [6, 6.07) is 4.61. The minimum atomic E-state index is -0.445. The zero-order valence-corrected chi connectivity index (χ0v) is 8.09. The summed E-state index contributed by atoms with van der Waals surface area (Å²) in [5.41, 5.74) is 5.94. The second-order valence-electron chi connectivity index (χ2n) is 3.52. The minimum absolute atomic E-state index is 0.0827. The van der Waals surface area contributed by atoms with Crippen molar-refractivity contribution in [2.75, 3.05) is 0 Å². The molecule has 1 aliphatic carbocycles. The van der Waals surface area contributed by atoms with Crippen LogP contribution in [-0.4, -0.2) is 5.91 Å². The van der Waals surface area contributed by atoms with Crippen molar-refractivity contribution in [2.24, 2.45) is 11.7 Å². The molecular weight excluding hydrogens is 205 g/mol. The molecule has 1 fully saturated rings. The zero-order chi connectivity index (χ0) is 10.3. The summed E-state index contributed by atoms with van der Waals surface area (Å²) in [6.07, 6.45) is 0.719. The Bertz CT molecular complexity index is 394. The van der Waals surface area contributed by atoms with E-state index in [1.807, 2.05) is 0 Å². The van der Waals surface area contributed by atoms with Gasteiger partial charge in [0.15, 0.2) is 0 Å². The molecule has 2 rings (SSSR count). The Morgan fingerprint density at radius 1 is 1.57 bits per heavy atom. The van der Waals surface area contributed by atoms with E-state index in [0.29, 0.717) is 0 Å². The van der Waals surface area contributed by atoms with Crippen molar-refractivity contribution in [3.8, 4) is 0 Å². The molecule has 74 valence electrons. The normalized spacial score (nSPS) is 24.7. The molecule has 0 bridgehead atoms. The molecule has 14 heavy (non-hydrogen) atoms. The van der Waals surface area contributed by atoms with E-state index in [1.165, 1.54) is 12.1 Å². The van der Waals surface area contributed by atoms with Crippen molar-refractivity contribution in [3.63, 3.8) is 0 Å². The van der Waals surface area contributed by atoms with Crippen molar-refractivity contribution in [2.45, 2.75) is 12.3 Å². The second-order valence-corrected chi connectivity index (χ2v) is 3.93. The molecule has 0 unspecified atom stereocenters. The summed E-state index contributed by atoms with van der Waals surface area (Å²) in [7, 11) is 0. The van der Waals surface area contributed by atoms with E-state index >= 15 is 0 Å². The van der Waals surface area contributed by atoms with Crippen LogP contribution in [0.3, 0.4) is 0 Å². The van der Waals surface area contributed by atoms with E-state index in [4.69, 9.17) is 17.3 Å². The van der Waals surface area contributed by atoms with Crippen LogP contribution in [0.5, 0.6) is 0 Å². The van der Waals surface area contributed by atoms with Gasteiger partial charge < -0.3 is 5.73 Å². The van der Waals surface area contributed by atoms with E-state index in [0.717, 1.165) is 12.0 Å². The Hall–Kier alpha value is -1.09. The van der Waals surface area contributed by atoms with Crippen LogP contribution in [0, 0.1) is 11.7 Å². The van der Waals surface area contributed by atoms with Gasteiger partial charge in [0, 0.05) is 5.92 Å². The predicted molar refractivity (Wildman–Crippen MR) is 51.5 cm³/mol. The van der Waals surface area contributed by atoms with Crippen molar-refractivity contribution in [1.29, 1.82) is 0 Å². The van der Waals surface area contributed by atoms with Gasteiger partial charge in [0.2, 0.25) is 5.91 Å². The molecule has 0 heterocycles. The molecular formula is C10H9ClFNO. The third-order valence-electron chi connectivity index (χ3n) is 2.53. The quantitative estimate of drug-likeness (QED) is 0.803. The molecule has 1 saturated carbocycles. The molecule has 0 aliphatic heterocycles. The number of hydrogen-bond donors (Lipinski definition) is 1. The van der Waals surface area contributed by atoms with Crippen LogP contribution < -0.4 is 5.73 Å². The number of carbonyl (C=O) groups is 1. The maximum absolute atomic E-state index is 13.0. The van der Waals surface area contributed by atoms with Crippen LogP contribution >= 0.6 is 11.6 Å². The molecule has 0 aromatic heterocycles. The first kappa shape index (κ1) is 9.46. The first-order valence-electron chi connectivity index (χ1n) is 4.34. The van der Waals surface area contributed by atoms with Gasteiger partial charge in [0.05, 0.1) is 5.02 Å². The van der Waals surface area contributed by atoms with Crippen LogP contribution in [0.15, 0.2) is 18.2 Å². The van der Waals surface area contributed by atoms with E-state index < -0.39 is 5.82 Å². The van der Waals surface area contributed by atoms with E-state index in [-0.39, 0.29) is 22.8 Å². The van der Waals surface area contributed by atoms with Gasteiger partial charge in [-0.2, -0.15) is 0 Å². The zero-order valence-electron chi connectivity index (χ0n) is 7.34. The summed E-state index contributed by atoms with van der Waals surface area (Å²) in [5.74, 6) is -0.806. The smallest absolute Gasteiger partial charge is 0.221 e. The highest BCUT2D eigenvalue weighted by Crippen LogP contribution is 2.47. The molecule has 4 heteroatoms. The lowest BCUT2D eigenvalue weighted by Crippen LogP contribution is -2.13. The lowest BCUT2D eigenvalue weighted by molar-refractivity contribution is -0.119. The number of amides is 1. The number of carbonyl (C=O) groups excluding carboxylic acids is 1. The van der Waals surface area contributed by atoms with E-state index in [2.05, 4.69) is 0 Å². The number of hydrogen-bond acceptors (Lipinski definition) is 1. The van der Waals surface area contributed by atoms with Crippen LogP contribution in [0.1, 0.15) is 17.9 Å². The lowest BCUT2D eigenvalue weighted by Gasteiger charge is -2.00. The Balaban J connectivity index is 2.20. The number of benzene rings is 1. The number of primary amides is 1. The molecule has 1 aromatic rings. The van der Waals surface area contributed by atoms with Gasteiger partial charge in [-0.05, 0) is 30.0 Å². The molecule has 1 aliphatic rings. The topological polar surface area (TPSA) is 43.1 Å². The molecule has 0 spiro atoms. The highest BCUT2D eigenvalue weighted by Gasteiger charge is 2.42. The van der Waals surface area contributed by atoms with Gasteiger partial charge in [-0.15, -0.1) is 0 Å². The molecule has 1 amide bonds. The maximum atomic E-state index is 13.0. The standard InChI is InChI=1S/C10H9ClFNO/c11-8-2-1-5(3-9(8)12)6-4-7(6)10(13)14/h1-3,6-7H,4H2,(H2,13,14)/t6-,7+/m0/s1. The number of nitrogens with two attached hydrogens (primary N) is 1. The monoisotopic (exact) mass is 213 g/mol. The summed E-state index contributed by atoms with van der Waals surface area (Å²) in [4.78, 5) is 10.8. The van der Waals surface area contributed by atoms with Gasteiger partial charge in [0.25, 0.3) is 0 Å². The van der Waals surface area contributed by atoms with Gasteiger partial charge in [0.1, 0.15) is 5.82 Å². The largest absolute Gasteiger partial charge is 0.369 e. The molecule has 2 N–H and O–H groups in total. The Morgan fingerprint density at radius 2 is 2.29 bits per heavy atom. The highest BCUT2D eigenvalue weighted by molar-refractivity contribution is 6.30. The molecule has 2 atom stereocenters. The summed E-state index contributed by atoms with van der Waals surface area (Å²) < 4.78 is 13.0. The Kier molecular flexibility index (Phi) is 2.19. The maximum Gasteiger partial charge on any atom is 0.221 e. The van der Waals surface area contributed by atoms with Crippen LogP contribution in [0.25, 0.3) is 0 Å². The van der Waals surface area contributed by atoms with Crippen molar-refractivity contribution < 1.29 is 9.18 Å². The molecule has 1 aromatic carbocycles. The van der Waals surface area contributed by atoms with E-state index in [1.54, 1.807) is 6.07 Å². The first-order valence-corrected chi connectivity index (χ1v) is 4.71. The molecule has 0 saturated heterocycles. The Labute approximate surface area is 85.9 Å². The average molecular weight is 214 g/mol. The van der Waals surface area contributed by atoms with Crippen LogP contribution in [0.2, 0.25) is 5.02 Å².